The lowest BCUT2D eigenvalue weighted by molar-refractivity contribution is -0.115. The number of methoxy groups -OCH3 is 1. The zero-order valence-electron chi connectivity index (χ0n) is 12.5. The Balaban J connectivity index is 2.49. The summed E-state index contributed by atoms with van der Waals surface area (Å²) in [5.74, 6) is 0.538. The molecule has 0 aromatic heterocycles. The Morgan fingerprint density at radius 3 is 2.48 bits per heavy atom. The SMILES string of the molecule is COCOc1ccc(C)cc1N(C(C)=O)c1ccccc1. The molecule has 110 valence electrons. The molecule has 0 radical (unpaired) electrons. The van der Waals surface area contributed by atoms with Gasteiger partial charge in [-0.15, -0.1) is 0 Å². The van der Waals surface area contributed by atoms with Gasteiger partial charge in [0.1, 0.15) is 5.75 Å². The first-order valence-corrected chi connectivity index (χ1v) is 6.71. The molecule has 2 aromatic rings. The number of hydrogen-bond acceptors (Lipinski definition) is 3. The summed E-state index contributed by atoms with van der Waals surface area (Å²) in [6.07, 6.45) is 0. The van der Waals surface area contributed by atoms with Crippen LogP contribution in [0, 0.1) is 6.92 Å². The topological polar surface area (TPSA) is 38.8 Å². The minimum absolute atomic E-state index is 0.0749. The van der Waals surface area contributed by atoms with E-state index in [-0.39, 0.29) is 12.7 Å². The van der Waals surface area contributed by atoms with Gasteiger partial charge in [0.2, 0.25) is 5.91 Å². The van der Waals surface area contributed by atoms with E-state index in [4.69, 9.17) is 9.47 Å². The molecule has 0 aliphatic rings. The van der Waals surface area contributed by atoms with E-state index in [1.165, 1.54) is 6.92 Å². The quantitative estimate of drug-likeness (QED) is 0.787. The summed E-state index contributed by atoms with van der Waals surface area (Å²) in [5.41, 5.74) is 2.57. The fraction of sp³-hybridized carbons (Fsp3) is 0.235. The van der Waals surface area contributed by atoms with Crippen LogP contribution < -0.4 is 9.64 Å². The Morgan fingerprint density at radius 1 is 1.14 bits per heavy atom. The molecule has 0 saturated heterocycles. The van der Waals surface area contributed by atoms with E-state index in [9.17, 15) is 4.79 Å². The number of benzene rings is 2. The Morgan fingerprint density at radius 2 is 1.86 bits per heavy atom. The third-order valence-corrected chi connectivity index (χ3v) is 3.02. The number of nitrogens with zero attached hydrogens (tertiary/aromatic N) is 1. The summed E-state index contributed by atoms with van der Waals surface area (Å²) >= 11 is 0. The fourth-order valence-electron chi connectivity index (χ4n) is 2.11. The second-order valence-electron chi connectivity index (χ2n) is 4.71. The first kappa shape index (κ1) is 15.1. The Bertz CT molecular complexity index is 611. The highest BCUT2D eigenvalue weighted by Gasteiger charge is 2.18. The molecule has 1 amide bonds. The monoisotopic (exact) mass is 285 g/mol. The lowest BCUT2D eigenvalue weighted by Gasteiger charge is -2.24. The molecule has 0 atom stereocenters. The van der Waals surface area contributed by atoms with Crippen molar-refractivity contribution in [3.63, 3.8) is 0 Å². The molecule has 21 heavy (non-hydrogen) atoms. The molecule has 4 nitrogen and oxygen atoms in total. The standard InChI is InChI=1S/C17H19NO3/c1-13-9-10-17(21-12-20-3)16(11-13)18(14(2)19)15-7-5-4-6-8-15/h4-11H,12H2,1-3H3. The number of amides is 1. The van der Waals surface area contributed by atoms with E-state index in [1.54, 1.807) is 12.0 Å². The van der Waals surface area contributed by atoms with Crippen LogP contribution in [0.3, 0.4) is 0 Å². The number of carbonyl (C=O) groups is 1. The van der Waals surface area contributed by atoms with Crippen LogP contribution in [0.1, 0.15) is 12.5 Å². The normalized spacial score (nSPS) is 10.2. The van der Waals surface area contributed by atoms with Crippen LogP contribution in [-0.4, -0.2) is 19.8 Å². The lowest BCUT2D eigenvalue weighted by Crippen LogP contribution is -2.23. The predicted molar refractivity (Wildman–Crippen MR) is 82.9 cm³/mol. The maximum Gasteiger partial charge on any atom is 0.228 e. The summed E-state index contributed by atoms with van der Waals surface area (Å²) < 4.78 is 10.5. The van der Waals surface area contributed by atoms with Gasteiger partial charge in [0, 0.05) is 19.7 Å². The van der Waals surface area contributed by atoms with Crippen LogP contribution in [-0.2, 0) is 9.53 Å². The predicted octanol–water partition coefficient (Wildman–Crippen LogP) is 3.66. The smallest absolute Gasteiger partial charge is 0.228 e. The van der Waals surface area contributed by atoms with Gasteiger partial charge in [-0.1, -0.05) is 24.3 Å². The number of carbonyl (C=O) groups excluding carboxylic acids is 1. The zero-order valence-corrected chi connectivity index (χ0v) is 12.5. The Labute approximate surface area is 124 Å². The fourth-order valence-corrected chi connectivity index (χ4v) is 2.11. The van der Waals surface area contributed by atoms with E-state index in [0.717, 1.165) is 11.3 Å². The van der Waals surface area contributed by atoms with Crippen LogP contribution in [0.25, 0.3) is 0 Å². The van der Waals surface area contributed by atoms with Crippen molar-refractivity contribution in [2.24, 2.45) is 0 Å². The maximum atomic E-state index is 12.1. The van der Waals surface area contributed by atoms with Gasteiger partial charge in [-0.2, -0.15) is 0 Å². The van der Waals surface area contributed by atoms with Crippen LogP contribution >= 0.6 is 0 Å². The summed E-state index contributed by atoms with van der Waals surface area (Å²) in [4.78, 5) is 13.8. The van der Waals surface area contributed by atoms with Crippen molar-refractivity contribution >= 4 is 17.3 Å². The van der Waals surface area contributed by atoms with Gasteiger partial charge in [0.25, 0.3) is 0 Å². The summed E-state index contributed by atoms with van der Waals surface area (Å²) in [5, 5.41) is 0. The first-order valence-electron chi connectivity index (χ1n) is 6.71. The van der Waals surface area contributed by atoms with E-state index in [0.29, 0.717) is 11.4 Å². The van der Waals surface area contributed by atoms with Crippen LogP contribution in [0.4, 0.5) is 11.4 Å². The summed E-state index contributed by atoms with van der Waals surface area (Å²) in [7, 11) is 1.56. The molecular formula is C17H19NO3. The van der Waals surface area contributed by atoms with Crippen LogP contribution in [0.5, 0.6) is 5.75 Å². The molecule has 0 spiro atoms. The molecule has 0 saturated carbocycles. The molecule has 0 unspecified atom stereocenters. The highest BCUT2D eigenvalue weighted by Crippen LogP contribution is 2.34. The largest absolute Gasteiger partial charge is 0.465 e. The van der Waals surface area contributed by atoms with Crippen LogP contribution in [0.2, 0.25) is 0 Å². The Kier molecular flexibility index (Phi) is 4.95. The van der Waals surface area contributed by atoms with Crippen molar-refractivity contribution in [2.75, 3.05) is 18.8 Å². The number of hydrogen-bond donors (Lipinski definition) is 0. The highest BCUT2D eigenvalue weighted by atomic mass is 16.7. The number of aryl methyl sites for hydroxylation is 1. The van der Waals surface area contributed by atoms with Gasteiger partial charge in [-0.25, -0.2) is 0 Å². The molecular weight excluding hydrogens is 266 g/mol. The average molecular weight is 285 g/mol. The highest BCUT2D eigenvalue weighted by molar-refractivity contribution is 6.00. The maximum absolute atomic E-state index is 12.1. The number of anilines is 2. The van der Waals surface area contributed by atoms with Crippen molar-refractivity contribution in [3.8, 4) is 5.75 Å². The molecule has 0 aliphatic carbocycles. The summed E-state index contributed by atoms with van der Waals surface area (Å²) in [6.45, 7) is 3.65. The van der Waals surface area contributed by atoms with E-state index in [2.05, 4.69) is 0 Å². The first-order chi connectivity index (χ1) is 10.1. The van der Waals surface area contributed by atoms with Gasteiger partial charge in [-0.05, 0) is 36.8 Å². The molecule has 0 N–H and O–H groups in total. The second-order valence-corrected chi connectivity index (χ2v) is 4.71. The zero-order chi connectivity index (χ0) is 15.2. The van der Waals surface area contributed by atoms with E-state index >= 15 is 0 Å². The van der Waals surface area contributed by atoms with Crippen molar-refractivity contribution in [2.45, 2.75) is 13.8 Å². The van der Waals surface area contributed by atoms with Gasteiger partial charge in [-0.3, -0.25) is 9.69 Å². The molecule has 4 heteroatoms. The number of ether oxygens (including phenoxy) is 2. The van der Waals surface area contributed by atoms with Crippen LogP contribution in [0.15, 0.2) is 48.5 Å². The number of rotatable bonds is 5. The van der Waals surface area contributed by atoms with E-state index < -0.39 is 0 Å². The lowest BCUT2D eigenvalue weighted by atomic mass is 10.1. The molecule has 0 bridgehead atoms. The van der Waals surface area contributed by atoms with Crippen molar-refractivity contribution < 1.29 is 14.3 Å². The molecule has 2 rings (SSSR count). The van der Waals surface area contributed by atoms with Crippen molar-refractivity contribution in [1.82, 2.24) is 0 Å². The van der Waals surface area contributed by atoms with Crippen molar-refractivity contribution in [1.29, 1.82) is 0 Å². The minimum atomic E-state index is -0.0749. The molecule has 2 aromatic carbocycles. The Hall–Kier alpha value is -2.33. The second kappa shape index (κ2) is 6.90. The van der Waals surface area contributed by atoms with Gasteiger partial charge in [0.05, 0.1) is 5.69 Å². The van der Waals surface area contributed by atoms with Gasteiger partial charge in [0.15, 0.2) is 6.79 Å². The molecule has 0 fully saturated rings. The third-order valence-electron chi connectivity index (χ3n) is 3.02. The van der Waals surface area contributed by atoms with Crippen molar-refractivity contribution in [3.05, 3.63) is 54.1 Å². The third kappa shape index (κ3) is 3.61. The number of para-hydroxylation sites is 1. The minimum Gasteiger partial charge on any atom is -0.465 e. The summed E-state index contributed by atoms with van der Waals surface area (Å²) in [6, 6.07) is 15.2. The molecule has 0 heterocycles. The van der Waals surface area contributed by atoms with Gasteiger partial charge >= 0.3 is 0 Å². The van der Waals surface area contributed by atoms with Gasteiger partial charge < -0.3 is 9.47 Å². The average Bonchev–Trinajstić information content (AvgIpc) is 2.47. The van der Waals surface area contributed by atoms with E-state index in [1.807, 2.05) is 55.5 Å². The molecule has 0 aliphatic heterocycles.